The van der Waals surface area contributed by atoms with Crippen molar-refractivity contribution in [3.63, 3.8) is 0 Å². The zero-order valence-electron chi connectivity index (χ0n) is 10.9. The topological polar surface area (TPSA) is 66.5 Å². The quantitative estimate of drug-likeness (QED) is 0.480. The average Bonchev–Trinajstić information content (AvgIpc) is 2.98. The van der Waals surface area contributed by atoms with Crippen molar-refractivity contribution in [3.8, 4) is 5.75 Å². The number of aromatic amines is 1. The number of hydrogen-bond donors (Lipinski definition) is 2. The van der Waals surface area contributed by atoms with E-state index < -0.39 is 0 Å². The Balaban J connectivity index is 2.03. The van der Waals surface area contributed by atoms with E-state index in [0.29, 0.717) is 17.9 Å². The SMILES string of the molecule is C=CCOc1ccccc1C(=O)N/N=C/c1ccc[nH]1. The Hall–Kier alpha value is -2.82. The van der Waals surface area contributed by atoms with Gasteiger partial charge in [0, 0.05) is 6.20 Å². The maximum absolute atomic E-state index is 12.0. The van der Waals surface area contributed by atoms with E-state index in [-0.39, 0.29) is 5.91 Å². The van der Waals surface area contributed by atoms with Gasteiger partial charge in [0.1, 0.15) is 12.4 Å². The molecule has 2 N–H and O–H groups in total. The number of carbonyl (C=O) groups is 1. The molecule has 5 heteroatoms. The number of benzene rings is 1. The van der Waals surface area contributed by atoms with Crippen molar-refractivity contribution in [2.75, 3.05) is 6.61 Å². The number of aromatic nitrogens is 1. The van der Waals surface area contributed by atoms with Crippen molar-refractivity contribution in [3.05, 3.63) is 66.5 Å². The summed E-state index contributed by atoms with van der Waals surface area (Å²) in [5.74, 6) is 0.174. The van der Waals surface area contributed by atoms with Crippen LogP contribution in [0.15, 0.2) is 60.4 Å². The number of amides is 1. The van der Waals surface area contributed by atoms with Crippen LogP contribution in [0.4, 0.5) is 0 Å². The van der Waals surface area contributed by atoms with E-state index >= 15 is 0 Å². The Labute approximate surface area is 117 Å². The predicted molar refractivity (Wildman–Crippen MR) is 78.0 cm³/mol. The summed E-state index contributed by atoms with van der Waals surface area (Å²) in [6.07, 6.45) is 4.94. The zero-order valence-corrected chi connectivity index (χ0v) is 10.9. The molecule has 5 nitrogen and oxygen atoms in total. The van der Waals surface area contributed by atoms with E-state index in [9.17, 15) is 4.79 Å². The lowest BCUT2D eigenvalue weighted by atomic mass is 10.2. The molecule has 0 aliphatic heterocycles. The number of carbonyl (C=O) groups excluding carboxylic acids is 1. The smallest absolute Gasteiger partial charge is 0.275 e. The zero-order chi connectivity index (χ0) is 14.2. The van der Waals surface area contributed by atoms with E-state index in [1.165, 1.54) is 6.21 Å². The number of ether oxygens (including phenoxy) is 1. The van der Waals surface area contributed by atoms with Crippen molar-refractivity contribution in [2.24, 2.45) is 5.10 Å². The van der Waals surface area contributed by atoms with Gasteiger partial charge >= 0.3 is 0 Å². The van der Waals surface area contributed by atoms with Gasteiger partial charge in [-0.1, -0.05) is 24.8 Å². The third-order valence-corrected chi connectivity index (χ3v) is 2.48. The summed E-state index contributed by atoms with van der Waals surface area (Å²) in [4.78, 5) is 15.0. The maximum Gasteiger partial charge on any atom is 0.275 e. The molecular formula is C15H15N3O2. The molecule has 0 atom stereocenters. The molecule has 0 spiro atoms. The van der Waals surface area contributed by atoms with Gasteiger partial charge in [-0.25, -0.2) is 5.43 Å². The highest BCUT2D eigenvalue weighted by atomic mass is 16.5. The second-order valence-corrected chi connectivity index (χ2v) is 3.92. The minimum Gasteiger partial charge on any atom is -0.489 e. The van der Waals surface area contributed by atoms with Crippen LogP contribution in [0.3, 0.4) is 0 Å². The summed E-state index contributed by atoms with van der Waals surface area (Å²) in [6, 6.07) is 10.7. The van der Waals surface area contributed by atoms with Gasteiger partial charge in [-0.05, 0) is 24.3 Å². The molecule has 102 valence electrons. The molecule has 0 bridgehead atoms. The van der Waals surface area contributed by atoms with Crippen LogP contribution in [0.25, 0.3) is 0 Å². The first-order valence-electron chi connectivity index (χ1n) is 6.11. The summed E-state index contributed by atoms with van der Waals surface area (Å²) in [6.45, 7) is 3.92. The first kappa shape index (κ1) is 13.6. The molecule has 0 fully saturated rings. The molecule has 20 heavy (non-hydrogen) atoms. The summed E-state index contributed by atoms with van der Waals surface area (Å²) >= 11 is 0. The molecule has 2 aromatic rings. The summed E-state index contributed by atoms with van der Waals surface area (Å²) in [7, 11) is 0. The molecule has 2 rings (SSSR count). The summed E-state index contributed by atoms with van der Waals surface area (Å²) < 4.78 is 5.42. The average molecular weight is 269 g/mol. The van der Waals surface area contributed by atoms with Gasteiger partial charge < -0.3 is 9.72 Å². The van der Waals surface area contributed by atoms with Gasteiger partial charge in [0.15, 0.2) is 0 Å². The maximum atomic E-state index is 12.0. The number of para-hydroxylation sites is 1. The van der Waals surface area contributed by atoms with Crippen LogP contribution in [0.1, 0.15) is 16.1 Å². The molecule has 0 aliphatic carbocycles. The molecule has 1 aromatic carbocycles. The predicted octanol–water partition coefficient (Wildman–Crippen LogP) is 2.34. The Morgan fingerprint density at radius 2 is 2.20 bits per heavy atom. The largest absolute Gasteiger partial charge is 0.489 e. The lowest BCUT2D eigenvalue weighted by Gasteiger charge is -2.08. The second-order valence-electron chi connectivity index (χ2n) is 3.92. The third-order valence-electron chi connectivity index (χ3n) is 2.48. The number of nitrogens with one attached hydrogen (secondary N) is 2. The first-order chi connectivity index (χ1) is 9.81. The van der Waals surface area contributed by atoms with E-state index in [1.807, 2.05) is 12.1 Å². The second kappa shape index (κ2) is 6.94. The Kier molecular flexibility index (Phi) is 4.72. The number of hydrogen-bond acceptors (Lipinski definition) is 3. The highest BCUT2D eigenvalue weighted by molar-refractivity contribution is 5.97. The Morgan fingerprint density at radius 3 is 2.95 bits per heavy atom. The van der Waals surface area contributed by atoms with Gasteiger partial charge in [-0.15, -0.1) is 0 Å². The molecule has 0 unspecified atom stereocenters. The van der Waals surface area contributed by atoms with Gasteiger partial charge in [0.05, 0.1) is 17.5 Å². The molecular weight excluding hydrogens is 254 g/mol. The fraction of sp³-hybridized carbons (Fsp3) is 0.0667. The van der Waals surface area contributed by atoms with E-state index in [0.717, 1.165) is 5.69 Å². The number of hydrazone groups is 1. The lowest BCUT2D eigenvalue weighted by Crippen LogP contribution is -2.18. The van der Waals surface area contributed by atoms with Crippen LogP contribution in [-0.2, 0) is 0 Å². The fourth-order valence-corrected chi connectivity index (χ4v) is 1.57. The Morgan fingerprint density at radius 1 is 1.35 bits per heavy atom. The van der Waals surface area contributed by atoms with Crippen molar-refractivity contribution < 1.29 is 9.53 Å². The van der Waals surface area contributed by atoms with Crippen LogP contribution in [0, 0.1) is 0 Å². The molecule has 0 saturated heterocycles. The normalized spacial score (nSPS) is 10.4. The van der Waals surface area contributed by atoms with Crippen LogP contribution >= 0.6 is 0 Å². The third kappa shape index (κ3) is 3.58. The first-order valence-corrected chi connectivity index (χ1v) is 6.11. The monoisotopic (exact) mass is 269 g/mol. The Bertz CT molecular complexity index is 603. The van der Waals surface area contributed by atoms with Crippen molar-refractivity contribution >= 4 is 12.1 Å². The molecule has 0 aliphatic rings. The van der Waals surface area contributed by atoms with Gasteiger partial charge in [-0.3, -0.25) is 4.79 Å². The summed E-state index contributed by atoms with van der Waals surface area (Å²) in [5.41, 5.74) is 3.69. The summed E-state index contributed by atoms with van der Waals surface area (Å²) in [5, 5.41) is 3.88. The van der Waals surface area contributed by atoms with Crippen molar-refractivity contribution in [1.82, 2.24) is 10.4 Å². The van der Waals surface area contributed by atoms with E-state index in [2.05, 4.69) is 22.1 Å². The number of H-pyrrole nitrogens is 1. The van der Waals surface area contributed by atoms with Crippen molar-refractivity contribution in [2.45, 2.75) is 0 Å². The highest BCUT2D eigenvalue weighted by Gasteiger charge is 2.10. The van der Waals surface area contributed by atoms with Gasteiger partial charge in [0.25, 0.3) is 5.91 Å². The molecule has 0 saturated carbocycles. The molecule has 1 amide bonds. The van der Waals surface area contributed by atoms with Crippen LogP contribution in [0.5, 0.6) is 5.75 Å². The number of rotatable bonds is 6. The van der Waals surface area contributed by atoms with Crippen LogP contribution in [0.2, 0.25) is 0 Å². The standard InChI is InChI=1S/C15H15N3O2/c1-2-10-20-14-8-4-3-7-13(14)15(19)18-17-11-12-6-5-9-16-12/h2-9,11,16H,1,10H2,(H,18,19)/b17-11+. The van der Waals surface area contributed by atoms with Gasteiger partial charge in [-0.2, -0.15) is 5.10 Å². The van der Waals surface area contributed by atoms with E-state index in [4.69, 9.17) is 4.74 Å². The van der Waals surface area contributed by atoms with Crippen LogP contribution in [-0.4, -0.2) is 23.7 Å². The highest BCUT2D eigenvalue weighted by Crippen LogP contribution is 2.17. The lowest BCUT2D eigenvalue weighted by molar-refractivity contribution is 0.0951. The minimum absolute atomic E-state index is 0.326. The number of nitrogens with zero attached hydrogens (tertiary/aromatic N) is 1. The minimum atomic E-state index is -0.326. The molecule has 1 aromatic heterocycles. The fourth-order valence-electron chi connectivity index (χ4n) is 1.57. The molecule has 1 heterocycles. The van der Waals surface area contributed by atoms with E-state index in [1.54, 1.807) is 36.5 Å². The van der Waals surface area contributed by atoms with Crippen LogP contribution < -0.4 is 10.2 Å². The molecule has 0 radical (unpaired) electrons. The van der Waals surface area contributed by atoms with Gasteiger partial charge in [0.2, 0.25) is 0 Å². The van der Waals surface area contributed by atoms with Crippen molar-refractivity contribution in [1.29, 1.82) is 0 Å².